The first kappa shape index (κ1) is 15.7. The first-order valence-corrected chi connectivity index (χ1v) is 9.77. The van der Waals surface area contributed by atoms with Crippen molar-refractivity contribution in [2.45, 2.75) is 24.2 Å². The number of sulfone groups is 1. The van der Waals surface area contributed by atoms with E-state index in [9.17, 15) is 18.5 Å². The predicted molar refractivity (Wildman–Crippen MR) is 88.6 cm³/mol. The van der Waals surface area contributed by atoms with Gasteiger partial charge in [-0.1, -0.05) is 12.1 Å². The second kappa shape index (κ2) is 5.80. The molecule has 0 radical (unpaired) electrons. The summed E-state index contributed by atoms with van der Waals surface area (Å²) in [4.78, 5) is 13.6. The van der Waals surface area contributed by atoms with Gasteiger partial charge in [0, 0.05) is 11.1 Å². The quantitative estimate of drug-likeness (QED) is 0.926. The van der Waals surface area contributed by atoms with Gasteiger partial charge in [-0.15, -0.1) is 11.3 Å². The first-order valence-electron chi connectivity index (χ1n) is 7.07. The van der Waals surface area contributed by atoms with Crippen LogP contribution in [0.2, 0.25) is 0 Å². The number of hydrogen-bond acceptors (Lipinski definition) is 5. The van der Waals surface area contributed by atoms with Gasteiger partial charge >= 0.3 is 0 Å². The third-order valence-electron chi connectivity index (χ3n) is 3.79. The summed E-state index contributed by atoms with van der Waals surface area (Å²) in [7, 11) is -3.51. The van der Waals surface area contributed by atoms with Crippen molar-refractivity contribution in [3.63, 3.8) is 0 Å². The summed E-state index contributed by atoms with van der Waals surface area (Å²) < 4.78 is 23.6. The largest absolute Gasteiger partial charge is 0.312 e. The Labute approximate surface area is 138 Å². The lowest BCUT2D eigenvalue weighted by molar-refractivity contribution is 0.102. The molecule has 1 N–H and O–H groups in total. The molecule has 0 saturated carbocycles. The summed E-state index contributed by atoms with van der Waals surface area (Å²) in [6, 6.07) is 8.22. The maximum atomic E-state index is 12.5. The molecule has 0 saturated heterocycles. The molecule has 0 atom stereocenters. The molecule has 3 rings (SSSR count). The number of hydrogen-bond donors (Lipinski definition) is 1. The third kappa shape index (κ3) is 2.87. The topological polar surface area (TPSA) is 87.0 Å². The lowest BCUT2D eigenvalue weighted by Crippen LogP contribution is -2.16. The van der Waals surface area contributed by atoms with Gasteiger partial charge in [0.05, 0.1) is 16.0 Å². The third-order valence-corrected chi connectivity index (χ3v) is 6.15. The van der Waals surface area contributed by atoms with E-state index in [1.807, 2.05) is 0 Å². The van der Waals surface area contributed by atoms with Crippen LogP contribution in [0.4, 0.5) is 5.00 Å². The van der Waals surface area contributed by atoms with Gasteiger partial charge in [0.15, 0.2) is 9.84 Å². The average molecular weight is 346 g/mol. The molecule has 1 heterocycles. The molecule has 7 heteroatoms. The van der Waals surface area contributed by atoms with E-state index in [1.54, 1.807) is 12.1 Å². The molecule has 0 spiro atoms. The van der Waals surface area contributed by atoms with Gasteiger partial charge in [-0.2, -0.15) is 5.26 Å². The van der Waals surface area contributed by atoms with Crippen LogP contribution in [0.15, 0.2) is 29.2 Å². The zero-order chi connectivity index (χ0) is 16.6. The Morgan fingerprint density at radius 2 is 2.04 bits per heavy atom. The van der Waals surface area contributed by atoms with Crippen molar-refractivity contribution in [2.75, 3.05) is 11.6 Å². The van der Waals surface area contributed by atoms with Crippen molar-refractivity contribution >= 4 is 32.1 Å². The number of nitrogens with one attached hydrogen (secondary N) is 1. The van der Waals surface area contributed by atoms with Crippen LogP contribution in [-0.4, -0.2) is 20.6 Å². The van der Waals surface area contributed by atoms with Crippen LogP contribution in [-0.2, 0) is 22.7 Å². The number of carbonyl (C=O) groups is 1. The highest BCUT2D eigenvalue weighted by molar-refractivity contribution is 7.90. The van der Waals surface area contributed by atoms with Crippen molar-refractivity contribution in [2.24, 2.45) is 0 Å². The number of aryl methyl sites for hydroxylation is 1. The minimum atomic E-state index is -3.51. The van der Waals surface area contributed by atoms with Crippen molar-refractivity contribution < 1.29 is 13.2 Å². The zero-order valence-electron chi connectivity index (χ0n) is 12.4. The number of rotatable bonds is 3. The molecule has 0 bridgehead atoms. The van der Waals surface area contributed by atoms with Crippen molar-refractivity contribution in [3.05, 3.63) is 45.8 Å². The van der Waals surface area contributed by atoms with E-state index >= 15 is 0 Å². The molecule has 0 unspecified atom stereocenters. The molecule has 0 aliphatic heterocycles. The number of anilines is 1. The highest BCUT2D eigenvalue weighted by Gasteiger charge is 2.25. The van der Waals surface area contributed by atoms with E-state index < -0.39 is 15.7 Å². The summed E-state index contributed by atoms with van der Waals surface area (Å²) in [5.41, 5.74) is 1.62. The maximum Gasteiger partial charge on any atom is 0.257 e. The Kier molecular flexibility index (Phi) is 3.96. The average Bonchev–Trinajstić information content (AvgIpc) is 3.06. The zero-order valence-corrected chi connectivity index (χ0v) is 14.1. The molecule has 23 heavy (non-hydrogen) atoms. The molecule has 5 nitrogen and oxygen atoms in total. The maximum absolute atomic E-state index is 12.5. The highest BCUT2D eigenvalue weighted by Crippen LogP contribution is 2.38. The van der Waals surface area contributed by atoms with E-state index in [0.717, 1.165) is 36.0 Å². The van der Waals surface area contributed by atoms with Crippen LogP contribution in [0.1, 0.15) is 32.8 Å². The van der Waals surface area contributed by atoms with E-state index in [4.69, 9.17) is 0 Å². The van der Waals surface area contributed by atoms with Crippen LogP contribution in [0.3, 0.4) is 0 Å². The Morgan fingerprint density at radius 3 is 2.74 bits per heavy atom. The molecule has 118 valence electrons. The van der Waals surface area contributed by atoms with E-state index in [2.05, 4.69) is 11.4 Å². The van der Waals surface area contributed by atoms with Gasteiger partial charge in [-0.05, 0) is 37.0 Å². The number of nitrogens with zero attached hydrogens (tertiary/aromatic N) is 1. The second-order valence-electron chi connectivity index (χ2n) is 5.40. The fourth-order valence-electron chi connectivity index (χ4n) is 2.76. The lowest BCUT2D eigenvalue weighted by Gasteiger charge is -2.08. The van der Waals surface area contributed by atoms with Gasteiger partial charge in [0.25, 0.3) is 5.91 Å². The standard InChI is InChI=1S/C16H14N2O3S2/c1-23(20,21)14-8-3-2-5-11(14)15(19)18-16-12(9-17)10-6-4-7-13(10)22-16/h2-3,5,8H,4,6-7H2,1H3,(H,18,19). The van der Waals surface area contributed by atoms with E-state index in [1.165, 1.54) is 23.5 Å². The fourth-order valence-corrected chi connectivity index (χ4v) is 4.88. The molecule has 0 fully saturated rings. The normalized spacial score (nSPS) is 13.4. The van der Waals surface area contributed by atoms with Gasteiger partial charge in [0.2, 0.25) is 0 Å². The van der Waals surface area contributed by atoms with Crippen LogP contribution >= 0.6 is 11.3 Å². The van der Waals surface area contributed by atoms with Crippen LogP contribution < -0.4 is 5.32 Å². The van der Waals surface area contributed by atoms with Gasteiger partial charge in [-0.25, -0.2) is 8.42 Å². The van der Waals surface area contributed by atoms with Gasteiger partial charge < -0.3 is 5.32 Å². The van der Waals surface area contributed by atoms with Crippen LogP contribution in [0.5, 0.6) is 0 Å². The SMILES string of the molecule is CS(=O)(=O)c1ccccc1C(=O)Nc1sc2c(c1C#N)CCC2. The fraction of sp³-hybridized carbons (Fsp3) is 0.250. The molecular weight excluding hydrogens is 332 g/mol. The molecule has 1 aromatic heterocycles. The van der Waals surface area contributed by atoms with Gasteiger partial charge in [0.1, 0.15) is 11.1 Å². The molecular formula is C16H14N2O3S2. The number of fused-ring (bicyclic) bond motifs is 1. The smallest absolute Gasteiger partial charge is 0.257 e. The van der Waals surface area contributed by atoms with Crippen LogP contribution in [0, 0.1) is 11.3 Å². The molecule has 2 aromatic rings. The summed E-state index contributed by atoms with van der Waals surface area (Å²) in [6.07, 6.45) is 3.87. The second-order valence-corrected chi connectivity index (χ2v) is 8.49. The minimum absolute atomic E-state index is 0.0138. The van der Waals surface area contributed by atoms with E-state index in [0.29, 0.717) is 10.6 Å². The Morgan fingerprint density at radius 1 is 1.30 bits per heavy atom. The van der Waals surface area contributed by atoms with Crippen molar-refractivity contribution in [3.8, 4) is 6.07 Å². The van der Waals surface area contributed by atoms with Crippen molar-refractivity contribution in [1.29, 1.82) is 5.26 Å². The summed E-state index contributed by atoms with van der Waals surface area (Å²) in [5.74, 6) is -0.512. The summed E-state index contributed by atoms with van der Waals surface area (Å²) in [6.45, 7) is 0. The number of benzene rings is 1. The molecule has 1 aliphatic carbocycles. The minimum Gasteiger partial charge on any atom is -0.312 e. The first-order chi connectivity index (χ1) is 10.9. The Hall–Kier alpha value is -2.17. The molecule has 1 amide bonds. The summed E-state index contributed by atoms with van der Waals surface area (Å²) >= 11 is 1.41. The Bertz CT molecular complexity index is 937. The molecule has 1 aromatic carbocycles. The Balaban J connectivity index is 1.97. The number of carbonyl (C=O) groups excluding carboxylic acids is 1. The number of thiophene rings is 1. The van der Waals surface area contributed by atoms with E-state index in [-0.39, 0.29) is 10.5 Å². The predicted octanol–water partition coefficient (Wildman–Crippen LogP) is 2.76. The van der Waals surface area contributed by atoms with Crippen LogP contribution in [0.25, 0.3) is 0 Å². The number of amides is 1. The van der Waals surface area contributed by atoms with Crippen molar-refractivity contribution in [1.82, 2.24) is 0 Å². The number of nitriles is 1. The molecule has 1 aliphatic rings. The lowest BCUT2D eigenvalue weighted by atomic mass is 10.1. The highest BCUT2D eigenvalue weighted by atomic mass is 32.2. The monoisotopic (exact) mass is 346 g/mol. The van der Waals surface area contributed by atoms with Gasteiger partial charge in [-0.3, -0.25) is 4.79 Å². The summed E-state index contributed by atoms with van der Waals surface area (Å²) in [5, 5.41) is 12.6.